The fourth-order valence-corrected chi connectivity index (χ4v) is 3.00. The number of carboxylic acids is 1. The Bertz CT molecular complexity index is 484. The lowest BCUT2D eigenvalue weighted by atomic mass is 9.91. The standard InChI is InChI=1S/C20H30O4/c1-2-3-6-9-17(21)14-12-16-13-15-19(22)18(16)10-7-4-5-8-11-20(23)24/h12,14,16-18,21H,2-3,5-6,8-11,13,15H2,1H3,(H,23,24)/t16-,17?,18+/m1/s1. The van der Waals surface area contributed by atoms with Crippen molar-refractivity contribution in [3.63, 3.8) is 0 Å². The molecule has 134 valence electrons. The van der Waals surface area contributed by atoms with E-state index in [0.29, 0.717) is 25.7 Å². The van der Waals surface area contributed by atoms with Crippen molar-refractivity contribution in [3.8, 4) is 11.8 Å². The topological polar surface area (TPSA) is 74.6 Å². The van der Waals surface area contributed by atoms with Gasteiger partial charge >= 0.3 is 5.97 Å². The van der Waals surface area contributed by atoms with Crippen molar-refractivity contribution in [1.29, 1.82) is 0 Å². The number of Topliss-reactive ketones (excluding diaryl/α,β-unsaturated/α-hetero) is 1. The quantitative estimate of drug-likeness (QED) is 0.363. The van der Waals surface area contributed by atoms with Gasteiger partial charge in [0.2, 0.25) is 0 Å². The predicted octanol–water partition coefficient (Wildman–Crippen LogP) is 3.73. The summed E-state index contributed by atoms with van der Waals surface area (Å²) in [4.78, 5) is 22.4. The van der Waals surface area contributed by atoms with Crippen molar-refractivity contribution in [2.45, 2.75) is 77.2 Å². The summed E-state index contributed by atoms with van der Waals surface area (Å²) in [5.41, 5.74) is 0. The first-order valence-electron chi connectivity index (χ1n) is 9.11. The Labute approximate surface area is 145 Å². The van der Waals surface area contributed by atoms with E-state index in [1.54, 1.807) is 0 Å². The second kappa shape index (κ2) is 11.9. The second-order valence-corrected chi connectivity index (χ2v) is 6.53. The molecule has 0 aromatic carbocycles. The molecule has 4 nitrogen and oxygen atoms in total. The summed E-state index contributed by atoms with van der Waals surface area (Å²) in [6.45, 7) is 2.14. The molecule has 0 radical (unpaired) electrons. The van der Waals surface area contributed by atoms with Crippen LogP contribution in [-0.2, 0) is 9.59 Å². The summed E-state index contributed by atoms with van der Waals surface area (Å²) in [7, 11) is 0. The van der Waals surface area contributed by atoms with Crippen LogP contribution in [-0.4, -0.2) is 28.1 Å². The van der Waals surface area contributed by atoms with E-state index in [-0.39, 0.29) is 24.0 Å². The van der Waals surface area contributed by atoms with E-state index in [4.69, 9.17) is 5.11 Å². The molecule has 1 aliphatic rings. The molecule has 1 fully saturated rings. The third-order valence-electron chi connectivity index (χ3n) is 4.48. The number of hydrogen-bond acceptors (Lipinski definition) is 3. The van der Waals surface area contributed by atoms with Gasteiger partial charge in [-0.25, -0.2) is 0 Å². The van der Waals surface area contributed by atoms with Crippen molar-refractivity contribution in [1.82, 2.24) is 0 Å². The van der Waals surface area contributed by atoms with Gasteiger partial charge in [-0.15, -0.1) is 11.8 Å². The highest BCUT2D eigenvalue weighted by Crippen LogP contribution is 2.32. The number of hydrogen-bond donors (Lipinski definition) is 2. The summed E-state index contributed by atoms with van der Waals surface area (Å²) in [6.07, 6.45) is 10.7. The van der Waals surface area contributed by atoms with E-state index in [1.165, 1.54) is 0 Å². The van der Waals surface area contributed by atoms with Crippen molar-refractivity contribution >= 4 is 11.8 Å². The van der Waals surface area contributed by atoms with Crippen LogP contribution >= 0.6 is 0 Å². The van der Waals surface area contributed by atoms with Crippen LogP contribution in [0.4, 0.5) is 0 Å². The van der Waals surface area contributed by atoms with Crippen LogP contribution in [0.3, 0.4) is 0 Å². The largest absolute Gasteiger partial charge is 0.481 e. The summed E-state index contributed by atoms with van der Waals surface area (Å²) in [5, 5.41) is 18.5. The third kappa shape index (κ3) is 8.31. The van der Waals surface area contributed by atoms with E-state index >= 15 is 0 Å². The van der Waals surface area contributed by atoms with Crippen LogP contribution < -0.4 is 0 Å². The average molecular weight is 334 g/mol. The molecule has 0 aromatic heterocycles. The molecule has 0 spiro atoms. The van der Waals surface area contributed by atoms with E-state index in [9.17, 15) is 14.7 Å². The molecule has 0 aromatic rings. The summed E-state index contributed by atoms with van der Waals surface area (Å²) in [5.74, 6) is 5.55. The molecule has 24 heavy (non-hydrogen) atoms. The van der Waals surface area contributed by atoms with E-state index in [1.807, 2.05) is 12.2 Å². The number of unbranched alkanes of at least 4 members (excludes halogenated alkanes) is 3. The number of aliphatic carboxylic acids is 1. The zero-order valence-electron chi connectivity index (χ0n) is 14.7. The third-order valence-corrected chi connectivity index (χ3v) is 4.48. The molecule has 0 saturated heterocycles. The van der Waals surface area contributed by atoms with Gasteiger partial charge in [0.25, 0.3) is 0 Å². The minimum absolute atomic E-state index is 0.0731. The van der Waals surface area contributed by atoms with E-state index < -0.39 is 12.1 Å². The first kappa shape index (κ1) is 20.4. The van der Waals surface area contributed by atoms with Gasteiger partial charge in [-0.05, 0) is 25.2 Å². The van der Waals surface area contributed by atoms with Gasteiger partial charge in [0.1, 0.15) is 5.78 Å². The molecule has 1 rings (SSSR count). The van der Waals surface area contributed by atoms with Gasteiger partial charge in [0.05, 0.1) is 6.10 Å². The van der Waals surface area contributed by atoms with Crippen molar-refractivity contribution < 1.29 is 19.8 Å². The van der Waals surface area contributed by atoms with Gasteiger partial charge < -0.3 is 10.2 Å². The van der Waals surface area contributed by atoms with Crippen LogP contribution in [0.15, 0.2) is 12.2 Å². The summed E-state index contributed by atoms with van der Waals surface area (Å²) in [6, 6.07) is 0. The molecule has 4 heteroatoms. The minimum Gasteiger partial charge on any atom is -0.481 e. The molecule has 0 aliphatic heterocycles. The first-order valence-corrected chi connectivity index (χ1v) is 9.11. The summed E-state index contributed by atoms with van der Waals surface area (Å²) >= 11 is 0. The maximum Gasteiger partial charge on any atom is 0.303 e. The Morgan fingerprint density at radius 1 is 1.33 bits per heavy atom. The number of rotatable bonds is 10. The molecule has 1 saturated carbocycles. The molecular formula is C20H30O4. The Morgan fingerprint density at radius 3 is 2.83 bits per heavy atom. The molecule has 0 amide bonds. The molecule has 1 aliphatic carbocycles. The normalized spacial score (nSPS) is 21.7. The van der Waals surface area contributed by atoms with E-state index in [2.05, 4.69) is 18.8 Å². The van der Waals surface area contributed by atoms with Crippen LogP contribution in [0, 0.1) is 23.7 Å². The predicted molar refractivity (Wildman–Crippen MR) is 94.4 cm³/mol. The smallest absolute Gasteiger partial charge is 0.303 e. The minimum atomic E-state index is -0.800. The van der Waals surface area contributed by atoms with Crippen LogP contribution in [0.1, 0.15) is 71.1 Å². The fourth-order valence-electron chi connectivity index (χ4n) is 3.00. The highest BCUT2D eigenvalue weighted by atomic mass is 16.4. The molecule has 1 unspecified atom stereocenters. The monoisotopic (exact) mass is 334 g/mol. The van der Waals surface area contributed by atoms with Crippen molar-refractivity contribution in [3.05, 3.63) is 12.2 Å². The number of aliphatic hydroxyl groups is 1. The Balaban J connectivity index is 2.40. The molecule has 0 heterocycles. The lowest BCUT2D eigenvalue weighted by Crippen LogP contribution is -2.13. The lowest BCUT2D eigenvalue weighted by Gasteiger charge is -2.12. The van der Waals surface area contributed by atoms with Gasteiger partial charge in [-0.3, -0.25) is 9.59 Å². The summed E-state index contributed by atoms with van der Waals surface area (Å²) < 4.78 is 0. The van der Waals surface area contributed by atoms with Crippen LogP contribution in [0.25, 0.3) is 0 Å². The number of aliphatic hydroxyl groups excluding tert-OH is 1. The zero-order chi connectivity index (χ0) is 17.8. The van der Waals surface area contributed by atoms with Crippen LogP contribution in [0.5, 0.6) is 0 Å². The fraction of sp³-hybridized carbons (Fsp3) is 0.700. The number of ketones is 1. The van der Waals surface area contributed by atoms with Gasteiger partial charge in [0.15, 0.2) is 0 Å². The van der Waals surface area contributed by atoms with Gasteiger partial charge in [0, 0.05) is 31.6 Å². The SMILES string of the molecule is CCCCCC(O)C=C[C@@H]1CCC(=O)[C@H]1CC#CCCCC(=O)O. The number of allylic oxidation sites excluding steroid dienone is 1. The van der Waals surface area contributed by atoms with Gasteiger partial charge in [-0.2, -0.15) is 0 Å². The van der Waals surface area contributed by atoms with Crippen LogP contribution in [0.2, 0.25) is 0 Å². The number of carbonyl (C=O) groups is 2. The molecule has 2 N–H and O–H groups in total. The van der Waals surface area contributed by atoms with Crippen molar-refractivity contribution in [2.75, 3.05) is 0 Å². The van der Waals surface area contributed by atoms with Crippen molar-refractivity contribution in [2.24, 2.45) is 11.8 Å². The highest BCUT2D eigenvalue weighted by molar-refractivity contribution is 5.84. The second-order valence-electron chi connectivity index (χ2n) is 6.53. The zero-order valence-corrected chi connectivity index (χ0v) is 14.7. The number of carboxylic acid groups (broad SMARTS) is 1. The number of carbonyl (C=O) groups excluding carboxylic acids is 1. The molecule has 0 bridgehead atoms. The van der Waals surface area contributed by atoms with E-state index in [0.717, 1.165) is 32.1 Å². The Morgan fingerprint density at radius 2 is 2.12 bits per heavy atom. The Hall–Kier alpha value is -1.60. The molecule has 3 atom stereocenters. The maximum absolute atomic E-state index is 12.0. The molecular weight excluding hydrogens is 304 g/mol. The maximum atomic E-state index is 12.0. The average Bonchev–Trinajstić information content (AvgIpc) is 2.89. The highest BCUT2D eigenvalue weighted by Gasteiger charge is 2.32. The van der Waals surface area contributed by atoms with Gasteiger partial charge in [-0.1, -0.05) is 38.3 Å². The first-order chi connectivity index (χ1) is 11.5. The lowest BCUT2D eigenvalue weighted by molar-refractivity contribution is -0.137. The Kier molecular flexibility index (Phi) is 10.1.